The predicted octanol–water partition coefficient (Wildman–Crippen LogP) is 1.96. The van der Waals surface area contributed by atoms with E-state index in [0.29, 0.717) is 12.1 Å². The standard InChI is InChI=1S/C18H24N4O2/c1-12(2)14-11-15(21-20-14)17(23)19-16(18(24)22(3)4)10-13-8-6-5-7-9-13/h5-9,11-12,16H,10H2,1-4H3,(H,19,23)(H,20,21). The normalized spacial score (nSPS) is 12.0. The molecule has 6 heteroatoms. The lowest BCUT2D eigenvalue weighted by Crippen LogP contribution is -2.47. The van der Waals surface area contributed by atoms with Gasteiger partial charge in [0.25, 0.3) is 5.91 Å². The number of aromatic amines is 1. The van der Waals surface area contributed by atoms with Crippen LogP contribution in [0.4, 0.5) is 0 Å². The first-order valence-corrected chi connectivity index (χ1v) is 7.99. The van der Waals surface area contributed by atoms with Crippen molar-refractivity contribution >= 4 is 11.8 Å². The summed E-state index contributed by atoms with van der Waals surface area (Å²) in [6, 6.07) is 10.7. The Morgan fingerprint density at radius 1 is 1.21 bits per heavy atom. The zero-order valence-corrected chi connectivity index (χ0v) is 14.5. The number of H-pyrrole nitrogens is 1. The van der Waals surface area contributed by atoms with Crippen molar-refractivity contribution in [2.75, 3.05) is 14.1 Å². The fourth-order valence-electron chi connectivity index (χ4n) is 2.34. The molecule has 0 aliphatic rings. The van der Waals surface area contributed by atoms with E-state index in [1.807, 2.05) is 44.2 Å². The lowest BCUT2D eigenvalue weighted by Gasteiger charge is -2.21. The van der Waals surface area contributed by atoms with Gasteiger partial charge in [-0.1, -0.05) is 44.2 Å². The number of benzene rings is 1. The highest BCUT2D eigenvalue weighted by Crippen LogP contribution is 2.12. The van der Waals surface area contributed by atoms with Crippen LogP contribution in [-0.2, 0) is 11.2 Å². The van der Waals surface area contributed by atoms with Crippen LogP contribution in [-0.4, -0.2) is 47.0 Å². The third-order valence-corrected chi connectivity index (χ3v) is 3.78. The van der Waals surface area contributed by atoms with E-state index in [1.165, 1.54) is 4.90 Å². The maximum Gasteiger partial charge on any atom is 0.272 e. The van der Waals surface area contributed by atoms with Crippen LogP contribution < -0.4 is 5.32 Å². The van der Waals surface area contributed by atoms with Crippen LogP contribution in [0.25, 0.3) is 0 Å². The minimum atomic E-state index is -0.630. The molecular formula is C18H24N4O2. The van der Waals surface area contributed by atoms with E-state index in [9.17, 15) is 9.59 Å². The quantitative estimate of drug-likeness (QED) is 0.851. The zero-order chi connectivity index (χ0) is 17.7. The molecule has 0 aliphatic heterocycles. The van der Waals surface area contributed by atoms with E-state index >= 15 is 0 Å². The summed E-state index contributed by atoms with van der Waals surface area (Å²) in [5, 5.41) is 9.70. The lowest BCUT2D eigenvalue weighted by atomic mass is 10.0. The molecule has 2 N–H and O–H groups in total. The predicted molar refractivity (Wildman–Crippen MR) is 92.8 cm³/mol. The molecule has 1 heterocycles. The zero-order valence-electron chi connectivity index (χ0n) is 14.5. The molecule has 2 aromatic rings. The average Bonchev–Trinajstić information content (AvgIpc) is 3.04. The first-order chi connectivity index (χ1) is 11.4. The maximum atomic E-state index is 12.4. The Morgan fingerprint density at radius 2 is 1.88 bits per heavy atom. The van der Waals surface area contributed by atoms with Gasteiger partial charge in [0, 0.05) is 26.2 Å². The summed E-state index contributed by atoms with van der Waals surface area (Å²) < 4.78 is 0. The smallest absolute Gasteiger partial charge is 0.272 e. The number of rotatable bonds is 6. The molecule has 1 atom stereocenters. The van der Waals surface area contributed by atoms with Crippen molar-refractivity contribution in [2.24, 2.45) is 0 Å². The van der Waals surface area contributed by atoms with Gasteiger partial charge in [-0.15, -0.1) is 0 Å². The van der Waals surface area contributed by atoms with Gasteiger partial charge in [-0.2, -0.15) is 5.10 Å². The first kappa shape index (κ1) is 17.7. The van der Waals surface area contributed by atoms with Crippen molar-refractivity contribution in [1.29, 1.82) is 0 Å². The maximum absolute atomic E-state index is 12.4. The highest BCUT2D eigenvalue weighted by Gasteiger charge is 2.24. The summed E-state index contributed by atoms with van der Waals surface area (Å²) in [4.78, 5) is 26.3. The van der Waals surface area contributed by atoms with Crippen LogP contribution in [0.15, 0.2) is 36.4 Å². The Bertz CT molecular complexity index is 692. The second-order valence-corrected chi connectivity index (χ2v) is 6.31. The van der Waals surface area contributed by atoms with Crippen LogP contribution in [0.3, 0.4) is 0 Å². The van der Waals surface area contributed by atoms with Gasteiger partial charge in [0.2, 0.25) is 5.91 Å². The molecule has 2 rings (SSSR count). The Kier molecular flexibility index (Phi) is 5.73. The Morgan fingerprint density at radius 3 is 2.42 bits per heavy atom. The monoisotopic (exact) mass is 328 g/mol. The molecular weight excluding hydrogens is 304 g/mol. The van der Waals surface area contributed by atoms with E-state index in [4.69, 9.17) is 0 Å². The Balaban J connectivity index is 2.14. The van der Waals surface area contributed by atoms with E-state index in [1.54, 1.807) is 20.2 Å². The van der Waals surface area contributed by atoms with Gasteiger partial charge < -0.3 is 10.2 Å². The van der Waals surface area contributed by atoms with Crippen LogP contribution >= 0.6 is 0 Å². The van der Waals surface area contributed by atoms with Gasteiger partial charge in [-0.3, -0.25) is 14.7 Å². The van der Waals surface area contributed by atoms with Gasteiger partial charge in [0.05, 0.1) is 0 Å². The SMILES string of the molecule is CC(C)c1cc(C(=O)NC(Cc2ccccc2)C(=O)N(C)C)n[nH]1. The minimum Gasteiger partial charge on any atom is -0.347 e. The lowest BCUT2D eigenvalue weighted by molar-refractivity contribution is -0.130. The van der Waals surface area contributed by atoms with Gasteiger partial charge in [-0.05, 0) is 17.5 Å². The molecule has 6 nitrogen and oxygen atoms in total. The van der Waals surface area contributed by atoms with Crippen molar-refractivity contribution in [3.63, 3.8) is 0 Å². The summed E-state index contributed by atoms with van der Waals surface area (Å²) in [6.45, 7) is 4.03. The second kappa shape index (κ2) is 7.77. The summed E-state index contributed by atoms with van der Waals surface area (Å²) in [6.07, 6.45) is 0.436. The summed E-state index contributed by atoms with van der Waals surface area (Å²) in [5.41, 5.74) is 2.17. The number of amides is 2. The van der Waals surface area contributed by atoms with Crippen LogP contribution in [0.5, 0.6) is 0 Å². The first-order valence-electron chi connectivity index (χ1n) is 7.99. The average molecular weight is 328 g/mol. The molecule has 1 unspecified atom stereocenters. The number of aromatic nitrogens is 2. The number of hydrogen-bond acceptors (Lipinski definition) is 3. The molecule has 0 saturated carbocycles. The fraction of sp³-hybridized carbons (Fsp3) is 0.389. The fourth-order valence-corrected chi connectivity index (χ4v) is 2.34. The summed E-state index contributed by atoms with van der Waals surface area (Å²) in [5.74, 6) is -0.247. The molecule has 1 aromatic carbocycles. The number of likely N-dealkylation sites (N-methyl/N-ethyl adjacent to an activating group) is 1. The van der Waals surface area contributed by atoms with Crippen molar-refractivity contribution in [3.05, 3.63) is 53.3 Å². The molecule has 0 fully saturated rings. The molecule has 0 saturated heterocycles. The number of carbonyl (C=O) groups is 2. The molecule has 0 spiro atoms. The van der Waals surface area contributed by atoms with Crippen LogP contribution in [0.2, 0.25) is 0 Å². The Labute approximate surface area is 142 Å². The number of hydrogen-bond donors (Lipinski definition) is 2. The van der Waals surface area contributed by atoms with Crippen molar-refractivity contribution in [2.45, 2.75) is 32.2 Å². The largest absolute Gasteiger partial charge is 0.347 e. The topological polar surface area (TPSA) is 78.1 Å². The van der Waals surface area contributed by atoms with Crippen LogP contribution in [0, 0.1) is 0 Å². The van der Waals surface area contributed by atoms with Crippen LogP contribution in [0.1, 0.15) is 41.5 Å². The van der Waals surface area contributed by atoms with E-state index < -0.39 is 6.04 Å². The molecule has 0 radical (unpaired) electrons. The highest BCUT2D eigenvalue weighted by molar-refractivity contribution is 5.96. The van der Waals surface area contributed by atoms with Gasteiger partial charge in [-0.25, -0.2) is 0 Å². The summed E-state index contributed by atoms with van der Waals surface area (Å²) in [7, 11) is 3.36. The van der Waals surface area contributed by atoms with Gasteiger partial charge >= 0.3 is 0 Å². The van der Waals surface area contributed by atoms with Crippen molar-refractivity contribution in [3.8, 4) is 0 Å². The molecule has 2 amide bonds. The van der Waals surface area contributed by atoms with E-state index in [2.05, 4.69) is 15.5 Å². The van der Waals surface area contributed by atoms with E-state index in [-0.39, 0.29) is 17.7 Å². The highest BCUT2D eigenvalue weighted by atomic mass is 16.2. The Hall–Kier alpha value is -2.63. The molecule has 128 valence electrons. The van der Waals surface area contributed by atoms with Crippen molar-refractivity contribution < 1.29 is 9.59 Å². The molecule has 1 aromatic heterocycles. The number of nitrogens with zero attached hydrogens (tertiary/aromatic N) is 2. The molecule has 0 bridgehead atoms. The molecule has 0 aliphatic carbocycles. The van der Waals surface area contributed by atoms with Gasteiger partial charge in [0.15, 0.2) is 0 Å². The van der Waals surface area contributed by atoms with Gasteiger partial charge in [0.1, 0.15) is 11.7 Å². The number of carbonyl (C=O) groups excluding carboxylic acids is 2. The van der Waals surface area contributed by atoms with Crippen molar-refractivity contribution in [1.82, 2.24) is 20.4 Å². The summed E-state index contributed by atoms with van der Waals surface area (Å²) >= 11 is 0. The third kappa shape index (κ3) is 4.44. The number of nitrogens with one attached hydrogen (secondary N) is 2. The third-order valence-electron chi connectivity index (χ3n) is 3.78. The molecule has 24 heavy (non-hydrogen) atoms. The minimum absolute atomic E-state index is 0.146. The van der Waals surface area contributed by atoms with E-state index in [0.717, 1.165) is 11.3 Å². The second-order valence-electron chi connectivity index (χ2n) is 6.31.